The van der Waals surface area contributed by atoms with E-state index in [2.05, 4.69) is 0 Å². The predicted octanol–water partition coefficient (Wildman–Crippen LogP) is 0.682. The maximum atomic E-state index is 12.7. The summed E-state index contributed by atoms with van der Waals surface area (Å²) in [5.74, 6) is -3.39. The van der Waals surface area contributed by atoms with Gasteiger partial charge in [0.05, 0.1) is 12.7 Å². The molecule has 0 saturated carbocycles. The van der Waals surface area contributed by atoms with Crippen LogP contribution in [0.1, 0.15) is 41.5 Å². The third-order valence-corrected chi connectivity index (χ3v) is 5.07. The Morgan fingerprint density at radius 1 is 1.29 bits per heavy atom. The number of allylic oxidation sites excluding steroid dienone is 1. The van der Waals surface area contributed by atoms with Gasteiger partial charge in [0.25, 0.3) is 0 Å². The Morgan fingerprint density at radius 2 is 1.86 bits per heavy atom. The highest BCUT2D eigenvalue weighted by Gasteiger charge is 2.48. The molecule has 0 heterocycles. The molecule has 0 bridgehead atoms. The Bertz CT molecular complexity index is 672. The van der Waals surface area contributed by atoms with Gasteiger partial charge < -0.3 is 24.8 Å². The summed E-state index contributed by atoms with van der Waals surface area (Å²) < 4.78 is 10.8. The zero-order valence-electron chi connectivity index (χ0n) is 17.1. The fourth-order valence-electron chi connectivity index (χ4n) is 2.77. The van der Waals surface area contributed by atoms with E-state index in [0.717, 1.165) is 6.92 Å². The molecule has 0 saturated heterocycles. The molecule has 1 rings (SSSR count). The third-order valence-electron chi connectivity index (χ3n) is 5.07. The number of carbonyl (C=O) groups is 3. The van der Waals surface area contributed by atoms with Gasteiger partial charge in [0.15, 0.2) is 11.7 Å². The summed E-state index contributed by atoms with van der Waals surface area (Å²) in [7, 11) is 0. The highest BCUT2D eigenvalue weighted by atomic mass is 16.6. The van der Waals surface area contributed by atoms with Gasteiger partial charge >= 0.3 is 11.9 Å². The van der Waals surface area contributed by atoms with E-state index in [1.165, 1.54) is 13.0 Å². The third kappa shape index (κ3) is 5.06. The molecule has 3 N–H and O–H groups in total. The minimum atomic E-state index is -2.23. The number of ketones is 1. The first-order chi connectivity index (χ1) is 12.9. The van der Waals surface area contributed by atoms with Crippen LogP contribution in [-0.4, -0.2) is 63.6 Å². The van der Waals surface area contributed by atoms with Gasteiger partial charge in [-0.3, -0.25) is 4.79 Å². The van der Waals surface area contributed by atoms with Crippen molar-refractivity contribution in [1.29, 1.82) is 0 Å². The van der Waals surface area contributed by atoms with Gasteiger partial charge in [-0.05, 0) is 39.7 Å². The minimum Gasteiger partial charge on any atom is -0.454 e. The first kappa shape index (κ1) is 24.0. The molecule has 1 aliphatic rings. The highest BCUT2D eigenvalue weighted by Crippen LogP contribution is 2.33. The van der Waals surface area contributed by atoms with Crippen LogP contribution in [0.25, 0.3) is 0 Å². The molecule has 0 aromatic heterocycles. The normalized spacial score (nSPS) is 26.4. The van der Waals surface area contributed by atoms with Crippen molar-refractivity contribution in [2.75, 3.05) is 6.61 Å². The number of ether oxygens (including phenoxy) is 2. The highest BCUT2D eigenvalue weighted by molar-refractivity contribution is 6.02. The molecule has 5 atom stereocenters. The molecule has 0 radical (unpaired) electrons. The fourth-order valence-corrected chi connectivity index (χ4v) is 2.77. The maximum absolute atomic E-state index is 12.7. The molecule has 0 fully saturated rings. The molecular weight excluding hydrogens is 368 g/mol. The van der Waals surface area contributed by atoms with Gasteiger partial charge in [-0.1, -0.05) is 19.9 Å². The zero-order chi connectivity index (χ0) is 21.8. The lowest BCUT2D eigenvalue weighted by atomic mass is 9.77. The Labute approximate surface area is 164 Å². The molecule has 0 spiro atoms. The van der Waals surface area contributed by atoms with E-state index in [4.69, 9.17) is 9.47 Å². The second kappa shape index (κ2) is 9.45. The van der Waals surface area contributed by atoms with E-state index >= 15 is 0 Å². The number of carbonyl (C=O) groups excluding carboxylic acids is 3. The smallest absolute Gasteiger partial charge is 0.341 e. The van der Waals surface area contributed by atoms with Crippen LogP contribution in [0.2, 0.25) is 0 Å². The van der Waals surface area contributed by atoms with Crippen LogP contribution in [0.5, 0.6) is 0 Å². The molecule has 8 heteroatoms. The van der Waals surface area contributed by atoms with E-state index < -0.39 is 54.2 Å². The average Bonchev–Trinajstić information content (AvgIpc) is 2.62. The average molecular weight is 398 g/mol. The standard InChI is InChI=1S/C20H30O8/c1-7-11(4)18(24)27-14-8-13(9-21)16(23)17(15(14)10(2)3)28-19(25)20(6,26)12(5)22/h7-8,10,12,14-15,17,21-22,26H,9H2,1-6H3. The first-order valence-electron chi connectivity index (χ1n) is 9.19. The summed E-state index contributed by atoms with van der Waals surface area (Å²) in [4.78, 5) is 37.3. The molecule has 1 aliphatic carbocycles. The van der Waals surface area contributed by atoms with Crippen molar-refractivity contribution in [2.45, 2.75) is 65.5 Å². The summed E-state index contributed by atoms with van der Waals surface area (Å²) in [6, 6.07) is 0. The van der Waals surface area contributed by atoms with Crippen molar-refractivity contribution >= 4 is 17.7 Å². The summed E-state index contributed by atoms with van der Waals surface area (Å²) >= 11 is 0. The van der Waals surface area contributed by atoms with Crippen molar-refractivity contribution in [3.63, 3.8) is 0 Å². The Balaban J connectivity index is 3.30. The lowest BCUT2D eigenvalue weighted by Crippen LogP contribution is -2.53. The summed E-state index contributed by atoms with van der Waals surface area (Å²) in [5, 5.41) is 29.3. The number of esters is 2. The van der Waals surface area contributed by atoms with Crippen molar-refractivity contribution in [3.8, 4) is 0 Å². The second-order valence-corrected chi connectivity index (χ2v) is 7.53. The lowest BCUT2D eigenvalue weighted by Gasteiger charge is -2.38. The van der Waals surface area contributed by atoms with E-state index in [0.29, 0.717) is 5.57 Å². The van der Waals surface area contributed by atoms with Crippen LogP contribution in [-0.2, 0) is 23.9 Å². The quantitative estimate of drug-likeness (QED) is 0.422. The Kier molecular flexibility index (Phi) is 8.10. The van der Waals surface area contributed by atoms with E-state index in [-0.39, 0.29) is 11.5 Å². The predicted molar refractivity (Wildman–Crippen MR) is 100.0 cm³/mol. The van der Waals surface area contributed by atoms with Gasteiger partial charge in [0.1, 0.15) is 6.10 Å². The Hall–Kier alpha value is -2.03. The molecule has 8 nitrogen and oxygen atoms in total. The van der Waals surface area contributed by atoms with Crippen molar-refractivity contribution < 1.29 is 39.2 Å². The molecule has 0 aromatic carbocycles. The van der Waals surface area contributed by atoms with E-state index in [1.54, 1.807) is 33.8 Å². The molecule has 0 aromatic rings. The number of aliphatic hydroxyl groups is 3. The largest absolute Gasteiger partial charge is 0.454 e. The van der Waals surface area contributed by atoms with Gasteiger partial charge in [-0.2, -0.15) is 0 Å². The molecule has 0 amide bonds. The van der Waals surface area contributed by atoms with E-state index in [1.807, 2.05) is 0 Å². The lowest BCUT2D eigenvalue weighted by molar-refractivity contribution is -0.188. The van der Waals surface area contributed by atoms with Gasteiger partial charge in [-0.25, -0.2) is 9.59 Å². The molecule has 158 valence electrons. The van der Waals surface area contributed by atoms with Crippen LogP contribution >= 0.6 is 0 Å². The number of hydrogen-bond donors (Lipinski definition) is 3. The SMILES string of the molecule is CC=C(C)C(=O)OC1C=C(CO)C(=O)C(OC(=O)C(C)(O)C(C)O)C1C(C)C. The van der Waals surface area contributed by atoms with Crippen LogP contribution in [0, 0.1) is 11.8 Å². The van der Waals surface area contributed by atoms with Crippen LogP contribution < -0.4 is 0 Å². The number of hydrogen-bond acceptors (Lipinski definition) is 8. The van der Waals surface area contributed by atoms with Crippen molar-refractivity contribution in [2.24, 2.45) is 11.8 Å². The number of rotatable bonds is 7. The van der Waals surface area contributed by atoms with Crippen LogP contribution in [0.15, 0.2) is 23.3 Å². The van der Waals surface area contributed by atoms with Crippen molar-refractivity contribution in [1.82, 2.24) is 0 Å². The summed E-state index contributed by atoms with van der Waals surface area (Å²) in [6.07, 6.45) is -0.792. The molecule has 0 aliphatic heterocycles. The van der Waals surface area contributed by atoms with Gasteiger partial charge in [0, 0.05) is 17.1 Å². The minimum absolute atomic E-state index is 0.0534. The van der Waals surface area contributed by atoms with Crippen molar-refractivity contribution in [3.05, 3.63) is 23.3 Å². The van der Waals surface area contributed by atoms with Gasteiger partial charge in [0.2, 0.25) is 5.78 Å². The first-order valence-corrected chi connectivity index (χ1v) is 9.19. The van der Waals surface area contributed by atoms with E-state index in [9.17, 15) is 29.7 Å². The Morgan fingerprint density at radius 3 is 2.29 bits per heavy atom. The molecule has 28 heavy (non-hydrogen) atoms. The van der Waals surface area contributed by atoms with Gasteiger partial charge in [-0.15, -0.1) is 0 Å². The number of Topliss-reactive ketones (excluding diaryl/α,β-unsaturated/α-hetero) is 1. The van der Waals surface area contributed by atoms with Crippen LogP contribution in [0.4, 0.5) is 0 Å². The summed E-state index contributed by atoms with van der Waals surface area (Å²) in [6.45, 7) is 8.47. The number of aliphatic hydroxyl groups excluding tert-OH is 2. The second-order valence-electron chi connectivity index (χ2n) is 7.53. The zero-order valence-corrected chi connectivity index (χ0v) is 17.1. The monoisotopic (exact) mass is 398 g/mol. The molecular formula is C20H30O8. The van der Waals surface area contributed by atoms with Crippen LogP contribution in [0.3, 0.4) is 0 Å². The fraction of sp³-hybridized carbons (Fsp3) is 0.650. The topological polar surface area (TPSA) is 130 Å². The maximum Gasteiger partial charge on any atom is 0.341 e. The summed E-state index contributed by atoms with van der Waals surface area (Å²) in [5.41, 5.74) is -1.91. The molecule has 5 unspecified atom stereocenters.